The number of alkyl halides is 1. The summed E-state index contributed by atoms with van der Waals surface area (Å²) in [4.78, 5) is 92.0. The van der Waals surface area contributed by atoms with E-state index < -0.39 is 52.4 Å². The predicted octanol–water partition coefficient (Wildman–Crippen LogP) is 5.67. The summed E-state index contributed by atoms with van der Waals surface area (Å²) in [6.45, 7) is 8.10. The minimum absolute atomic E-state index is 0. The second kappa shape index (κ2) is 38.1. The van der Waals surface area contributed by atoms with Gasteiger partial charge in [0, 0.05) is 16.7 Å². The minimum Gasteiger partial charge on any atom is -1.00 e. The van der Waals surface area contributed by atoms with Crippen molar-refractivity contribution in [3.05, 3.63) is 204 Å². The quantitative estimate of drug-likeness (QED) is 0.0155. The molecule has 0 fully saturated rings. The van der Waals surface area contributed by atoms with E-state index in [-0.39, 0.29) is 170 Å². The van der Waals surface area contributed by atoms with Crippen molar-refractivity contribution in [1.82, 2.24) is 10.6 Å². The van der Waals surface area contributed by atoms with Crippen LogP contribution in [0.3, 0.4) is 0 Å². The summed E-state index contributed by atoms with van der Waals surface area (Å²) in [7, 11) is 0. The number of amides is 6. The van der Waals surface area contributed by atoms with Crippen LogP contribution in [0.25, 0.3) is 0 Å². The number of carbonyl (C=O) groups excluding carboxylic acids is 7. The van der Waals surface area contributed by atoms with Crippen molar-refractivity contribution in [1.29, 1.82) is 0 Å². The van der Waals surface area contributed by atoms with Crippen LogP contribution in [0.1, 0.15) is 103 Å². The predicted molar refractivity (Wildman–Crippen MR) is 346 cm³/mol. The van der Waals surface area contributed by atoms with Crippen LogP contribution < -0.4 is 150 Å². The number of aryl methyl sites for hydroxylation is 2. The monoisotopic (exact) mass is 1390 g/mol. The molecule has 7 N–H and O–H groups in total. The summed E-state index contributed by atoms with van der Waals surface area (Å²) in [6.07, 6.45) is 12.7. The van der Waals surface area contributed by atoms with Gasteiger partial charge >= 0.3 is 103 Å². The van der Waals surface area contributed by atoms with Gasteiger partial charge in [-0.15, -0.1) is 0 Å². The molecule has 0 saturated carbocycles. The van der Waals surface area contributed by atoms with Gasteiger partial charge in [-0.1, -0.05) is 153 Å². The molecule has 22 heteroatoms. The van der Waals surface area contributed by atoms with Crippen LogP contribution in [0.5, 0.6) is 23.0 Å². The van der Waals surface area contributed by atoms with Gasteiger partial charge in [0.05, 0.1) is 29.2 Å². The second-order valence-electron chi connectivity index (χ2n) is 23.7. The molecule has 0 aromatic heterocycles. The van der Waals surface area contributed by atoms with Crippen LogP contribution in [0.4, 0.5) is 20.2 Å². The first-order valence-corrected chi connectivity index (χ1v) is 31.4. The van der Waals surface area contributed by atoms with E-state index in [4.69, 9.17) is 31.0 Å². The Morgan fingerprint density at radius 1 is 0.645 bits per heavy atom. The molecule has 0 saturated heterocycles. The molecule has 0 bridgehead atoms. The molecule has 0 spiro atoms. The SMILES string of the molecule is CC(C)C[C@@H](C(=O)NC1CCc2ccccc2N(Cc2cccc(Oc3ccccc3F)c2)C1=O)C1(C(N)=O)CC=CC1.CC(C)C[C@@H](C(=O)NC1CCc2ccccc2NC1=O)C1(C(N)=O)CC=CC1.Fc1ccccc1Oc1cccc(CBr)c1.O=CO[O-].[H-].[K+].[K+]. The number of carbonyl (C=O) groups is 7. The Labute approximate surface area is 637 Å². The van der Waals surface area contributed by atoms with Crippen LogP contribution in [0.15, 0.2) is 170 Å². The van der Waals surface area contributed by atoms with Gasteiger partial charge in [-0.3, -0.25) is 33.6 Å². The fraction of sp³-hybridized carbons (Fsp3) is 0.338. The molecule has 482 valence electrons. The molecule has 4 atom stereocenters. The third-order valence-corrected chi connectivity index (χ3v) is 17.2. The van der Waals surface area contributed by atoms with Crippen LogP contribution >= 0.6 is 15.9 Å². The number of hydrogen-bond donors (Lipinski definition) is 5. The van der Waals surface area contributed by atoms with Crippen molar-refractivity contribution in [2.45, 2.75) is 116 Å². The summed E-state index contributed by atoms with van der Waals surface area (Å²) in [5.74, 6) is -2.19. The molecular weight excluding hydrogens is 1310 g/mol. The van der Waals surface area contributed by atoms with Gasteiger partial charge < -0.3 is 53.4 Å². The summed E-state index contributed by atoms with van der Waals surface area (Å²) >= 11 is 3.36. The Morgan fingerprint density at radius 3 is 1.56 bits per heavy atom. The molecule has 2 unspecified atom stereocenters. The standard InChI is InChI=1S/C35H38FN3O4.C22H29N3O3.C13H10BrFO.CH2O3.2K.H/c1-23(2)20-27(35(34(37)42)18-7-8-19-35)32(40)38-29-17-16-25-11-3-5-14-30(25)39(33(29)41)22-24-10-9-12-26(21-24)43-31-15-6-4-13-28(31)36;1-14(2)13-16(22(21(23)28)11-5-6-12-22)19(26)25-18-10-9-15-7-3-4-8-17(15)24-20(18)27;14-9-10-4-3-5-11(8-10)16-13-7-2-1-6-12(13)15;2-1-4-3;;;/h3-15,21,23,27,29H,16-20,22H2,1-2H3,(H2,37,42)(H,38,40);3-8,14,16,18H,9-13H2,1-2H3,(H2,23,28)(H,24,27)(H,25,26);1-8H,9H2;1,3H;;;/q;;;;2*+1;-1/p-1/t27-,29?;16-,18?;;;;;/m00...../s1. The van der Waals surface area contributed by atoms with Gasteiger partial charge in [0.2, 0.25) is 35.4 Å². The number of hydrogen-bond acceptors (Lipinski definition) is 11. The van der Waals surface area contributed by atoms with Gasteiger partial charge in [0.25, 0.3) is 6.47 Å². The number of rotatable bonds is 20. The second-order valence-corrected chi connectivity index (χ2v) is 24.3. The van der Waals surface area contributed by atoms with Gasteiger partial charge in [-0.2, -0.15) is 0 Å². The smallest absolute Gasteiger partial charge is 1.00 e. The average molecular weight is 1390 g/mol. The summed E-state index contributed by atoms with van der Waals surface area (Å²) < 4.78 is 38.8. The number of primary amides is 2. The zero-order valence-corrected chi connectivity index (χ0v) is 61.3. The van der Waals surface area contributed by atoms with Crippen molar-refractivity contribution >= 4 is 69.2 Å². The first-order chi connectivity index (χ1) is 43.7. The number of anilines is 2. The number of para-hydroxylation sites is 4. The Hall–Kier alpha value is -5.74. The van der Waals surface area contributed by atoms with E-state index in [1.807, 2.05) is 125 Å². The van der Waals surface area contributed by atoms with Gasteiger partial charge in [0.15, 0.2) is 23.1 Å². The molecule has 0 radical (unpaired) electrons. The number of halogens is 3. The van der Waals surface area contributed by atoms with Crippen LogP contribution in [0.2, 0.25) is 0 Å². The number of ether oxygens (including phenoxy) is 2. The van der Waals surface area contributed by atoms with Gasteiger partial charge in [0.1, 0.15) is 23.6 Å². The maximum absolute atomic E-state index is 14.2. The van der Waals surface area contributed by atoms with E-state index in [2.05, 4.69) is 36.8 Å². The van der Waals surface area contributed by atoms with Crippen LogP contribution in [0, 0.1) is 46.1 Å². The summed E-state index contributed by atoms with van der Waals surface area (Å²) in [5, 5.41) is 18.0. The first-order valence-electron chi connectivity index (χ1n) is 30.3. The molecule has 6 amide bonds. The molecule has 2 aliphatic carbocycles. The molecule has 2 aliphatic heterocycles. The Balaban J connectivity index is 0.000000316. The summed E-state index contributed by atoms with van der Waals surface area (Å²) in [5.41, 5.74) is 15.2. The Kier molecular flexibility index (Phi) is 32.0. The number of nitrogens with zero attached hydrogens (tertiary/aromatic N) is 1. The zero-order chi connectivity index (χ0) is 65.7. The van der Waals surface area contributed by atoms with E-state index in [1.165, 1.54) is 12.1 Å². The Morgan fingerprint density at radius 2 is 1.08 bits per heavy atom. The maximum Gasteiger partial charge on any atom is 1.00 e. The van der Waals surface area contributed by atoms with Crippen molar-refractivity contribution < 1.29 is 166 Å². The molecule has 93 heavy (non-hydrogen) atoms. The third-order valence-electron chi connectivity index (χ3n) is 16.6. The number of nitrogens with two attached hydrogens (primary N) is 2. The average Bonchev–Trinajstić information content (AvgIpc) is 1.58. The largest absolute Gasteiger partial charge is 1.00 e. The normalized spacial score (nSPS) is 16.9. The molecule has 6 aromatic carbocycles. The third kappa shape index (κ3) is 21.4. The van der Waals surface area contributed by atoms with Crippen molar-refractivity contribution in [2.75, 3.05) is 10.2 Å². The van der Waals surface area contributed by atoms with E-state index >= 15 is 0 Å². The van der Waals surface area contributed by atoms with Gasteiger partial charge in [-0.25, -0.2) is 8.78 Å². The molecular formula is C71H79BrF2K2N6O11. The molecule has 6 aromatic rings. The number of fused-ring (bicyclic) bond motifs is 2. The van der Waals surface area contributed by atoms with Crippen molar-refractivity contribution in [3.63, 3.8) is 0 Å². The molecule has 10 rings (SSSR count). The Bertz CT molecular complexity index is 3590. The first kappa shape index (κ1) is 78.0. The topological polar surface area (TPSA) is 262 Å². The van der Waals surface area contributed by atoms with E-state index in [0.29, 0.717) is 75.7 Å². The van der Waals surface area contributed by atoms with Crippen molar-refractivity contribution in [2.24, 2.45) is 46.0 Å². The van der Waals surface area contributed by atoms with E-state index in [9.17, 15) is 37.5 Å². The molecule has 17 nitrogen and oxygen atoms in total. The van der Waals surface area contributed by atoms with Crippen molar-refractivity contribution in [3.8, 4) is 23.0 Å². The van der Waals surface area contributed by atoms with Crippen LogP contribution in [-0.2, 0) is 63.2 Å². The fourth-order valence-electron chi connectivity index (χ4n) is 11.9. The fourth-order valence-corrected chi connectivity index (χ4v) is 12.2. The van der Waals surface area contributed by atoms with E-state index in [1.54, 1.807) is 65.6 Å². The van der Waals surface area contributed by atoms with Gasteiger partial charge in [-0.05, 0) is 159 Å². The molecule has 2 heterocycles. The number of allylic oxidation sites excluding steroid dienone is 4. The number of benzene rings is 6. The van der Waals surface area contributed by atoms with E-state index in [0.717, 1.165) is 39.0 Å². The molecule has 4 aliphatic rings. The zero-order valence-electron chi connectivity index (χ0n) is 54.4. The van der Waals surface area contributed by atoms with Crippen LogP contribution in [-0.4, -0.2) is 54.0 Å². The maximum atomic E-state index is 14.2. The number of nitrogens with one attached hydrogen (secondary N) is 3. The minimum atomic E-state index is -0.997. The summed E-state index contributed by atoms with van der Waals surface area (Å²) in [6, 6.07) is 41.2.